The van der Waals surface area contributed by atoms with E-state index in [0.717, 1.165) is 23.2 Å². The van der Waals surface area contributed by atoms with Gasteiger partial charge in [-0.25, -0.2) is 4.79 Å². The molecule has 0 spiro atoms. The summed E-state index contributed by atoms with van der Waals surface area (Å²) in [5.41, 5.74) is 0.912. The van der Waals surface area contributed by atoms with Crippen molar-refractivity contribution in [2.45, 2.75) is 19.0 Å². The van der Waals surface area contributed by atoms with E-state index in [1.165, 1.54) is 12.2 Å². The van der Waals surface area contributed by atoms with Crippen molar-refractivity contribution in [2.75, 3.05) is 32.8 Å². The molecule has 0 unspecified atom stereocenters. The lowest BCUT2D eigenvalue weighted by Gasteiger charge is -2.38. The largest absolute Gasteiger partial charge is 0.478 e. The van der Waals surface area contributed by atoms with Crippen molar-refractivity contribution in [2.24, 2.45) is 5.16 Å². The molecule has 10 heteroatoms. The molecule has 1 fully saturated rings. The Bertz CT molecular complexity index is 953. The Kier molecular flexibility index (Phi) is 7.50. The predicted molar refractivity (Wildman–Crippen MR) is 116 cm³/mol. The van der Waals surface area contributed by atoms with E-state index < -0.39 is 17.7 Å². The second-order valence-electron chi connectivity index (χ2n) is 7.45. The Balaban J connectivity index is 1.59. The average molecular weight is 470 g/mol. The highest BCUT2D eigenvalue weighted by Crippen LogP contribution is 2.26. The normalized spacial score (nSPS) is 21.4. The monoisotopic (exact) mass is 469 g/mol. The van der Waals surface area contributed by atoms with Crippen LogP contribution in [0.15, 0.2) is 75.6 Å². The molecule has 2 aliphatic heterocycles. The number of hydrogen-bond donors (Lipinski definition) is 1. The van der Waals surface area contributed by atoms with E-state index in [2.05, 4.69) is 21.5 Å². The van der Waals surface area contributed by atoms with E-state index in [-0.39, 0.29) is 12.2 Å². The minimum Gasteiger partial charge on any atom is -0.478 e. The van der Waals surface area contributed by atoms with Gasteiger partial charge >= 0.3 is 12.1 Å². The molecule has 6 nitrogen and oxygen atoms in total. The number of oxime groups is 1. The summed E-state index contributed by atoms with van der Waals surface area (Å²) in [7, 11) is 0. The molecule has 0 bridgehead atoms. The van der Waals surface area contributed by atoms with Gasteiger partial charge in [0.15, 0.2) is 0 Å². The first-order chi connectivity index (χ1) is 15.1. The van der Waals surface area contributed by atoms with Crippen LogP contribution in [0.1, 0.15) is 12.8 Å². The molecule has 0 aromatic rings. The summed E-state index contributed by atoms with van der Waals surface area (Å²) >= 11 is 6.36. The van der Waals surface area contributed by atoms with Gasteiger partial charge < -0.3 is 19.7 Å². The number of piperazine rings is 1. The maximum Gasteiger partial charge on any atom is 0.415 e. The maximum absolute atomic E-state index is 12.5. The quantitative estimate of drug-likeness (QED) is 0.620. The molecular formula is C22H23ClF3N3O3. The molecule has 1 aliphatic carbocycles. The molecule has 0 saturated carbocycles. The first-order valence-electron chi connectivity index (χ1n) is 9.96. The molecule has 172 valence electrons. The maximum atomic E-state index is 12.5. The zero-order chi connectivity index (χ0) is 23.3. The zero-order valence-corrected chi connectivity index (χ0v) is 18.0. The third-order valence-corrected chi connectivity index (χ3v) is 5.52. The fourth-order valence-corrected chi connectivity index (χ4v) is 3.74. The van der Waals surface area contributed by atoms with Crippen molar-refractivity contribution in [3.63, 3.8) is 0 Å². The SMILES string of the molecule is C=C(/C=C\C=C1\CON=C(N2CCN(C3=C(Cl)C=C(C(=O)O)CC=C3)CC2)C1)C(F)(F)F. The van der Waals surface area contributed by atoms with Crippen LogP contribution in [0.25, 0.3) is 0 Å². The molecule has 0 amide bonds. The number of hydrogen-bond acceptors (Lipinski definition) is 5. The first kappa shape index (κ1) is 23.7. The van der Waals surface area contributed by atoms with Crippen molar-refractivity contribution in [3.05, 3.63) is 70.5 Å². The Hall–Kier alpha value is -2.94. The molecule has 0 atom stereocenters. The van der Waals surface area contributed by atoms with Gasteiger partial charge in [-0.3, -0.25) is 0 Å². The standard InChI is InChI=1S/C22H23ClF3N3O3/c1-15(22(24,25)26)4-2-5-16-12-20(27-32-14-16)29-10-8-28(9-11-29)19-7-3-6-17(21(30)31)13-18(19)23/h2-5,7,13H,1,6,8-12,14H2,(H,30,31)/b4-2-,16-5+. The number of carbonyl (C=O) groups is 1. The minimum atomic E-state index is -4.44. The number of carboxylic acids is 1. The Morgan fingerprint density at radius 2 is 1.94 bits per heavy atom. The molecular weight excluding hydrogens is 447 g/mol. The van der Waals surface area contributed by atoms with Crippen LogP contribution in [0.4, 0.5) is 13.2 Å². The Morgan fingerprint density at radius 1 is 1.25 bits per heavy atom. The number of alkyl halides is 3. The number of allylic oxidation sites excluding steroid dienone is 8. The van der Waals surface area contributed by atoms with Crippen molar-refractivity contribution in [1.82, 2.24) is 9.80 Å². The van der Waals surface area contributed by atoms with Gasteiger partial charge in [0.25, 0.3) is 0 Å². The lowest BCUT2D eigenvalue weighted by Crippen LogP contribution is -2.48. The molecule has 0 radical (unpaired) electrons. The topological polar surface area (TPSA) is 65.4 Å². The third-order valence-electron chi connectivity index (χ3n) is 5.22. The molecule has 1 N–H and O–H groups in total. The number of nitrogens with zero attached hydrogens (tertiary/aromatic N) is 3. The fourth-order valence-electron chi connectivity index (χ4n) is 3.42. The Morgan fingerprint density at radius 3 is 2.59 bits per heavy atom. The second-order valence-corrected chi connectivity index (χ2v) is 7.86. The number of amidine groups is 1. The van der Waals surface area contributed by atoms with Gasteiger partial charge in [-0.2, -0.15) is 13.2 Å². The summed E-state index contributed by atoms with van der Waals surface area (Å²) in [4.78, 5) is 20.6. The van der Waals surface area contributed by atoms with Crippen LogP contribution in [0.3, 0.4) is 0 Å². The highest BCUT2D eigenvalue weighted by Gasteiger charge is 2.29. The fraction of sp³-hybridized carbons (Fsp3) is 0.364. The second kappa shape index (κ2) is 10.1. The van der Waals surface area contributed by atoms with Crippen molar-refractivity contribution in [1.29, 1.82) is 0 Å². The van der Waals surface area contributed by atoms with Crippen LogP contribution in [-0.2, 0) is 9.63 Å². The predicted octanol–water partition coefficient (Wildman–Crippen LogP) is 4.36. The van der Waals surface area contributed by atoms with Crippen molar-refractivity contribution >= 4 is 23.4 Å². The highest BCUT2D eigenvalue weighted by atomic mass is 35.5. The summed E-state index contributed by atoms with van der Waals surface area (Å²) in [6.07, 6.45) is 5.31. The van der Waals surface area contributed by atoms with Gasteiger partial charge in [0.05, 0.1) is 10.7 Å². The molecule has 3 rings (SSSR count). The summed E-state index contributed by atoms with van der Waals surface area (Å²) in [6.45, 7) is 5.82. The minimum absolute atomic E-state index is 0.220. The summed E-state index contributed by atoms with van der Waals surface area (Å²) in [5, 5.41) is 13.7. The number of halogens is 4. The summed E-state index contributed by atoms with van der Waals surface area (Å²) in [5.74, 6) is -0.273. The van der Waals surface area contributed by atoms with Crippen molar-refractivity contribution < 1.29 is 27.9 Å². The van der Waals surface area contributed by atoms with E-state index >= 15 is 0 Å². The van der Waals surface area contributed by atoms with Gasteiger partial charge in [-0.05, 0) is 24.1 Å². The number of carboxylic acid groups (broad SMARTS) is 1. The molecule has 1 saturated heterocycles. The van der Waals surface area contributed by atoms with Crippen molar-refractivity contribution in [3.8, 4) is 0 Å². The van der Waals surface area contributed by atoms with E-state index in [1.807, 2.05) is 6.08 Å². The number of aliphatic carboxylic acids is 1. The van der Waals surface area contributed by atoms with E-state index in [9.17, 15) is 23.1 Å². The third kappa shape index (κ3) is 6.06. The van der Waals surface area contributed by atoms with Crippen LogP contribution >= 0.6 is 11.6 Å². The smallest absolute Gasteiger partial charge is 0.415 e. The number of rotatable bonds is 4. The molecule has 3 aliphatic rings. The molecule has 0 aromatic carbocycles. The van der Waals surface area contributed by atoms with Crippen LogP contribution in [0, 0.1) is 0 Å². The molecule has 0 aromatic heterocycles. The lowest BCUT2D eigenvalue weighted by atomic mass is 10.1. The zero-order valence-electron chi connectivity index (χ0n) is 17.2. The highest BCUT2D eigenvalue weighted by molar-refractivity contribution is 6.32. The van der Waals surface area contributed by atoms with Crippen LogP contribution in [0.2, 0.25) is 0 Å². The van der Waals surface area contributed by atoms with Crippen LogP contribution < -0.4 is 0 Å². The van der Waals surface area contributed by atoms with Crippen LogP contribution in [-0.4, -0.2) is 65.7 Å². The van der Waals surface area contributed by atoms with E-state index in [4.69, 9.17) is 16.4 Å². The van der Waals surface area contributed by atoms with Gasteiger partial charge in [0, 0.05) is 43.7 Å². The molecule has 32 heavy (non-hydrogen) atoms. The average Bonchev–Trinajstić information content (AvgIpc) is 2.95. The van der Waals surface area contributed by atoms with E-state index in [1.54, 1.807) is 12.2 Å². The summed E-state index contributed by atoms with van der Waals surface area (Å²) < 4.78 is 37.5. The van der Waals surface area contributed by atoms with Gasteiger partial charge in [-0.15, -0.1) is 0 Å². The molecule has 2 heterocycles. The van der Waals surface area contributed by atoms with Crippen LogP contribution in [0.5, 0.6) is 0 Å². The van der Waals surface area contributed by atoms with E-state index in [0.29, 0.717) is 44.1 Å². The summed E-state index contributed by atoms with van der Waals surface area (Å²) in [6, 6.07) is 0. The first-order valence-corrected chi connectivity index (χ1v) is 10.3. The Labute approximate surface area is 188 Å². The lowest BCUT2D eigenvalue weighted by molar-refractivity contribution is -0.132. The van der Waals surface area contributed by atoms with Gasteiger partial charge in [-0.1, -0.05) is 47.6 Å². The van der Waals surface area contributed by atoms with Gasteiger partial charge in [0.2, 0.25) is 0 Å². The van der Waals surface area contributed by atoms with Gasteiger partial charge in [0.1, 0.15) is 12.4 Å².